The standard InChI is InChI=1S/C54H32N2O/c1-2-15-37(16-3-1)55-47-22-6-4-18-40(47)45-32-50-46(31-49(45)55)41-19-5-7-23-48(41)56(50)38-17-9-14-35(29-38)33-12-8-13-34(28-33)36-26-27-39-42-20-10-24-51-53(42)54-43(44(39)30-36)21-11-25-52(54)57-51/h1-32H. The number of fused-ring (bicyclic) bond motifs is 9. The van der Waals surface area contributed by atoms with Crippen LogP contribution in [0, 0.1) is 0 Å². The first kappa shape index (κ1) is 30.7. The second kappa shape index (κ2) is 11.5. The van der Waals surface area contributed by atoms with Crippen LogP contribution in [0.2, 0.25) is 0 Å². The molecule has 0 saturated heterocycles. The number of aromatic nitrogens is 2. The minimum atomic E-state index is 0.944. The Balaban J connectivity index is 0.975. The minimum absolute atomic E-state index is 0.944. The summed E-state index contributed by atoms with van der Waals surface area (Å²) in [6.45, 7) is 0. The van der Waals surface area contributed by atoms with Gasteiger partial charge in [0, 0.05) is 43.7 Å². The SMILES string of the molecule is c1ccc(-n2c3ccccc3c3cc4c(cc32)c2ccccc2n4-c2cccc(-c3cccc(-c4ccc5c(c4)c4cccc6oc7cccc5c7c64)c3)c2)cc1. The molecular weight excluding hydrogens is 693 g/mol. The molecule has 0 bridgehead atoms. The van der Waals surface area contributed by atoms with Crippen LogP contribution >= 0.6 is 0 Å². The van der Waals surface area contributed by atoms with Crippen LogP contribution in [-0.4, -0.2) is 9.13 Å². The summed E-state index contributed by atoms with van der Waals surface area (Å²) in [6, 6.07) is 70.8. The van der Waals surface area contributed by atoms with Crippen molar-refractivity contribution in [2.24, 2.45) is 0 Å². The predicted octanol–water partition coefficient (Wildman–Crippen LogP) is 14.9. The Hall–Kier alpha value is -7.62. The van der Waals surface area contributed by atoms with Crippen LogP contribution in [0.15, 0.2) is 199 Å². The molecular formula is C54H32N2O. The third kappa shape index (κ3) is 4.31. The first-order chi connectivity index (χ1) is 28.3. The maximum absolute atomic E-state index is 6.30. The number of nitrogens with zero attached hydrogens (tertiary/aromatic N) is 2. The first-order valence-corrected chi connectivity index (χ1v) is 19.6. The number of rotatable bonds is 4. The minimum Gasteiger partial charge on any atom is -0.456 e. The summed E-state index contributed by atoms with van der Waals surface area (Å²) in [6.07, 6.45) is 0. The largest absolute Gasteiger partial charge is 0.456 e. The van der Waals surface area contributed by atoms with Gasteiger partial charge in [0.1, 0.15) is 11.2 Å². The molecule has 264 valence electrons. The molecule has 3 heteroatoms. The maximum atomic E-state index is 6.30. The van der Waals surface area contributed by atoms with E-state index in [9.17, 15) is 0 Å². The van der Waals surface area contributed by atoms with Crippen LogP contribution in [0.5, 0.6) is 0 Å². The van der Waals surface area contributed by atoms with E-state index in [4.69, 9.17) is 4.42 Å². The molecule has 0 aliphatic rings. The van der Waals surface area contributed by atoms with E-state index in [1.165, 1.54) is 104 Å². The molecule has 0 atom stereocenters. The van der Waals surface area contributed by atoms with Crippen molar-refractivity contribution in [3.05, 3.63) is 194 Å². The van der Waals surface area contributed by atoms with Crippen molar-refractivity contribution in [3.8, 4) is 33.6 Å². The molecule has 0 radical (unpaired) electrons. The van der Waals surface area contributed by atoms with Gasteiger partial charge in [-0.15, -0.1) is 0 Å². The average molecular weight is 725 g/mol. The van der Waals surface area contributed by atoms with Crippen LogP contribution in [0.3, 0.4) is 0 Å². The Morgan fingerprint density at radius 3 is 1.42 bits per heavy atom. The van der Waals surface area contributed by atoms with Gasteiger partial charge in [-0.25, -0.2) is 0 Å². The van der Waals surface area contributed by atoms with Gasteiger partial charge in [0.25, 0.3) is 0 Å². The number of benzene rings is 10. The van der Waals surface area contributed by atoms with Crippen LogP contribution in [0.4, 0.5) is 0 Å². The highest BCUT2D eigenvalue weighted by Gasteiger charge is 2.20. The normalized spacial score (nSPS) is 12.2. The molecule has 13 aromatic rings. The van der Waals surface area contributed by atoms with E-state index < -0.39 is 0 Å². The van der Waals surface area contributed by atoms with E-state index in [-0.39, 0.29) is 0 Å². The molecule has 0 aliphatic heterocycles. The molecule has 3 aromatic heterocycles. The molecule has 10 aromatic carbocycles. The highest BCUT2D eigenvalue weighted by atomic mass is 16.3. The second-order valence-corrected chi connectivity index (χ2v) is 15.3. The van der Waals surface area contributed by atoms with Crippen molar-refractivity contribution < 1.29 is 4.42 Å². The molecule has 3 heterocycles. The zero-order valence-corrected chi connectivity index (χ0v) is 30.8. The molecule has 0 aliphatic carbocycles. The monoisotopic (exact) mass is 724 g/mol. The molecule has 13 rings (SSSR count). The van der Waals surface area contributed by atoms with Gasteiger partial charge in [0.2, 0.25) is 0 Å². The smallest absolute Gasteiger partial charge is 0.136 e. The van der Waals surface area contributed by atoms with Crippen molar-refractivity contribution in [2.75, 3.05) is 0 Å². The Kier molecular flexibility index (Phi) is 6.16. The number of hydrogen-bond donors (Lipinski definition) is 0. The Morgan fingerprint density at radius 1 is 0.263 bits per heavy atom. The third-order valence-electron chi connectivity index (χ3n) is 12.2. The van der Waals surface area contributed by atoms with Crippen LogP contribution < -0.4 is 0 Å². The van der Waals surface area contributed by atoms with E-state index >= 15 is 0 Å². The fourth-order valence-electron chi connectivity index (χ4n) is 9.76. The van der Waals surface area contributed by atoms with Crippen LogP contribution in [-0.2, 0) is 0 Å². The van der Waals surface area contributed by atoms with Gasteiger partial charge in [-0.3, -0.25) is 0 Å². The summed E-state index contributed by atoms with van der Waals surface area (Å²) in [5.74, 6) is 0. The van der Waals surface area contributed by atoms with Gasteiger partial charge in [-0.2, -0.15) is 0 Å². The fourth-order valence-corrected chi connectivity index (χ4v) is 9.76. The van der Waals surface area contributed by atoms with Gasteiger partial charge in [0.15, 0.2) is 0 Å². The first-order valence-electron chi connectivity index (χ1n) is 19.6. The molecule has 0 spiro atoms. The highest BCUT2D eigenvalue weighted by molar-refractivity contribution is 6.33. The summed E-state index contributed by atoms with van der Waals surface area (Å²) in [5, 5.41) is 12.4. The molecule has 0 amide bonds. The van der Waals surface area contributed by atoms with Gasteiger partial charge in [-0.05, 0) is 117 Å². The lowest BCUT2D eigenvalue weighted by Gasteiger charge is -2.13. The highest BCUT2D eigenvalue weighted by Crippen LogP contribution is 2.44. The molecule has 57 heavy (non-hydrogen) atoms. The van der Waals surface area contributed by atoms with E-state index in [0.29, 0.717) is 0 Å². The summed E-state index contributed by atoms with van der Waals surface area (Å²) < 4.78 is 11.1. The maximum Gasteiger partial charge on any atom is 0.136 e. The van der Waals surface area contributed by atoms with Crippen molar-refractivity contribution in [2.45, 2.75) is 0 Å². The Morgan fingerprint density at radius 2 is 0.754 bits per heavy atom. The van der Waals surface area contributed by atoms with E-state index in [1.807, 2.05) is 0 Å². The van der Waals surface area contributed by atoms with E-state index in [2.05, 4.69) is 203 Å². The van der Waals surface area contributed by atoms with Crippen molar-refractivity contribution in [1.29, 1.82) is 0 Å². The molecule has 3 nitrogen and oxygen atoms in total. The summed E-state index contributed by atoms with van der Waals surface area (Å²) in [7, 11) is 0. The molecule has 0 saturated carbocycles. The van der Waals surface area contributed by atoms with Crippen molar-refractivity contribution in [3.63, 3.8) is 0 Å². The fraction of sp³-hybridized carbons (Fsp3) is 0. The quantitative estimate of drug-likeness (QED) is 0.166. The number of furan rings is 1. The average Bonchev–Trinajstić information content (AvgIpc) is 3.93. The molecule has 0 N–H and O–H groups in total. The van der Waals surface area contributed by atoms with Crippen molar-refractivity contribution in [1.82, 2.24) is 9.13 Å². The lowest BCUT2D eigenvalue weighted by molar-refractivity contribution is 0.669. The van der Waals surface area contributed by atoms with Crippen LogP contribution in [0.25, 0.3) is 121 Å². The third-order valence-corrected chi connectivity index (χ3v) is 12.2. The summed E-state index contributed by atoms with van der Waals surface area (Å²) >= 11 is 0. The predicted molar refractivity (Wildman–Crippen MR) is 239 cm³/mol. The lowest BCUT2D eigenvalue weighted by Crippen LogP contribution is -1.95. The topological polar surface area (TPSA) is 23.0 Å². The Labute approximate surface area is 327 Å². The Bertz CT molecular complexity index is 3750. The van der Waals surface area contributed by atoms with E-state index in [1.54, 1.807) is 0 Å². The van der Waals surface area contributed by atoms with Gasteiger partial charge < -0.3 is 13.6 Å². The zero-order valence-electron chi connectivity index (χ0n) is 30.8. The zero-order chi connectivity index (χ0) is 37.2. The molecule has 0 fully saturated rings. The van der Waals surface area contributed by atoms with E-state index in [0.717, 1.165) is 16.9 Å². The second-order valence-electron chi connectivity index (χ2n) is 15.3. The number of hydrogen-bond acceptors (Lipinski definition) is 1. The summed E-state index contributed by atoms with van der Waals surface area (Å²) in [4.78, 5) is 0. The van der Waals surface area contributed by atoms with Crippen LogP contribution in [0.1, 0.15) is 0 Å². The van der Waals surface area contributed by atoms with Crippen molar-refractivity contribution >= 4 is 87.1 Å². The van der Waals surface area contributed by atoms with Gasteiger partial charge in [0.05, 0.1) is 22.1 Å². The van der Waals surface area contributed by atoms with Gasteiger partial charge >= 0.3 is 0 Å². The van der Waals surface area contributed by atoms with Gasteiger partial charge in [-0.1, -0.05) is 121 Å². The number of para-hydroxylation sites is 3. The lowest BCUT2D eigenvalue weighted by atomic mass is 9.91. The summed E-state index contributed by atoms with van der Waals surface area (Å²) in [5.41, 5.74) is 13.8. The molecule has 0 unspecified atom stereocenters.